The summed E-state index contributed by atoms with van der Waals surface area (Å²) < 4.78 is 14.9. The molecule has 11 rings (SSSR count). The molecule has 0 aliphatic rings. The summed E-state index contributed by atoms with van der Waals surface area (Å²) in [6, 6.07) is 66.5. The molecule has 0 unspecified atom stereocenters. The zero-order valence-electron chi connectivity index (χ0n) is 36.5. The van der Waals surface area contributed by atoms with E-state index in [9.17, 15) is 0 Å². The van der Waals surface area contributed by atoms with Crippen LogP contribution in [0.5, 0.6) is 11.5 Å². The summed E-state index contributed by atoms with van der Waals surface area (Å²) >= 11 is 2.52. The Kier molecular flexibility index (Phi) is 10.1. The van der Waals surface area contributed by atoms with Crippen molar-refractivity contribution in [1.29, 1.82) is 0 Å². The van der Waals surface area contributed by atoms with Gasteiger partial charge >= 0.3 is 320 Å². The standard InChI is InChI=1S/C58H45N5O.Pt/c1-39-32-56(60-37-50(39)51-25-15-16-31-59-51)63-52-26-12-11-24-46(52)47-30-29-45(36-55(47)63)64-44-23-17-22-43(35-44)61-38-62(54-28-14-13-27-53(54)61)57-48(40-18-7-5-8-19-40)33-42(58(2,3)4)34-49(57)41-20-9-6-10-21-41;/h5-37H,1-4H3;. The number of hydrogen-bond donors (Lipinski definition) is 0. The Morgan fingerprint density at radius 1 is 0.492 bits per heavy atom. The molecule has 4 heterocycles. The molecule has 11 aromatic rings. The Balaban J connectivity index is 1.04. The van der Waals surface area contributed by atoms with Crippen molar-refractivity contribution in [2.24, 2.45) is 0 Å². The van der Waals surface area contributed by atoms with Gasteiger partial charge in [-0.3, -0.25) is 4.98 Å². The normalized spacial score (nSPS) is 11.8. The zero-order chi connectivity index (χ0) is 44.2. The average Bonchev–Trinajstić information content (AvgIpc) is 3.82. The minimum Gasteiger partial charge on any atom is -0.256 e. The van der Waals surface area contributed by atoms with Gasteiger partial charge in [-0.15, -0.1) is 0 Å². The minimum absolute atomic E-state index is 0.0684. The van der Waals surface area contributed by atoms with Crippen LogP contribution in [-0.2, 0) is 24.8 Å². The quantitative estimate of drug-likeness (QED) is 0.152. The van der Waals surface area contributed by atoms with Crippen LogP contribution in [0, 0.1) is 10.7 Å². The Morgan fingerprint density at radius 2 is 1.11 bits per heavy atom. The molecule has 0 atom stereocenters. The molecule has 0 radical (unpaired) electrons. The van der Waals surface area contributed by atoms with Crippen LogP contribution < -0.4 is 4.74 Å². The molecule has 0 aliphatic carbocycles. The molecule has 0 amide bonds. The second-order valence-corrected chi connectivity index (χ2v) is 18.5. The summed E-state index contributed by atoms with van der Waals surface area (Å²) in [7, 11) is 0. The maximum absolute atomic E-state index is 6.81. The van der Waals surface area contributed by atoms with E-state index in [4.69, 9.17) is 9.72 Å². The molecule has 65 heavy (non-hydrogen) atoms. The fraction of sp³-hybridized carbons (Fsp3) is 0.0862. The molecule has 4 aromatic heterocycles. The van der Waals surface area contributed by atoms with Crippen LogP contribution in [-0.4, -0.2) is 23.7 Å². The topological polar surface area (TPSA) is 49.8 Å². The molecule has 0 bridgehead atoms. The number of nitrogens with zero attached hydrogens (tertiary/aromatic N) is 5. The predicted molar refractivity (Wildman–Crippen MR) is 262 cm³/mol. The van der Waals surface area contributed by atoms with Crippen molar-refractivity contribution in [3.63, 3.8) is 0 Å². The minimum atomic E-state index is -0.0684. The Hall–Kier alpha value is -7.40. The van der Waals surface area contributed by atoms with Gasteiger partial charge < -0.3 is 0 Å². The first-order valence-corrected chi connectivity index (χ1v) is 23.0. The molecule has 0 saturated carbocycles. The second-order valence-electron chi connectivity index (χ2n) is 17.5. The number of aromatic nitrogens is 5. The third kappa shape index (κ3) is 7.25. The van der Waals surface area contributed by atoms with Gasteiger partial charge in [0.25, 0.3) is 0 Å². The van der Waals surface area contributed by atoms with Gasteiger partial charge in [0.05, 0.1) is 5.69 Å². The van der Waals surface area contributed by atoms with Crippen LogP contribution in [0.3, 0.4) is 0 Å². The summed E-state index contributed by atoms with van der Waals surface area (Å²) in [6.07, 6.45) is 3.75. The summed E-state index contributed by atoms with van der Waals surface area (Å²) in [4.78, 5) is 9.60. The van der Waals surface area contributed by atoms with E-state index >= 15 is 0 Å². The molecule has 318 valence electrons. The number of aryl methyl sites for hydroxylation is 1. The Bertz CT molecular complexity index is 3580. The van der Waals surface area contributed by atoms with Crippen molar-refractivity contribution < 1.29 is 24.1 Å². The van der Waals surface area contributed by atoms with Crippen LogP contribution in [0.25, 0.3) is 83.5 Å². The third-order valence-corrected chi connectivity index (χ3v) is 13.3. The first-order valence-electron chi connectivity index (χ1n) is 21.9. The number of para-hydroxylation sites is 3. The van der Waals surface area contributed by atoms with Crippen LogP contribution in [0.15, 0.2) is 200 Å². The van der Waals surface area contributed by atoms with Gasteiger partial charge in [0.1, 0.15) is 0 Å². The summed E-state index contributed by atoms with van der Waals surface area (Å²) in [5, 5.41) is 2.29. The van der Waals surface area contributed by atoms with Gasteiger partial charge in [0.15, 0.2) is 0 Å². The fourth-order valence-electron chi connectivity index (χ4n) is 9.09. The number of pyridine rings is 2. The molecule has 6 nitrogen and oxygen atoms in total. The average molecular weight is 1020 g/mol. The van der Waals surface area contributed by atoms with Crippen LogP contribution >= 0.6 is 0 Å². The molecule has 0 aliphatic heterocycles. The monoisotopic (exact) mass is 1020 g/mol. The van der Waals surface area contributed by atoms with Gasteiger partial charge in [-0.05, 0) is 24.6 Å². The molecule has 0 spiro atoms. The van der Waals surface area contributed by atoms with E-state index in [0.29, 0.717) is 0 Å². The summed E-state index contributed by atoms with van der Waals surface area (Å²) in [5.74, 6) is 2.32. The molecule has 0 N–H and O–H groups in total. The first kappa shape index (κ1) is 40.4. The van der Waals surface area contributed by atoms with Crippen molar-refractivity contribution in [3.05, 3.63) is 215 Å². The zero-order valence-corrected chi connectivity index (χ0v) is 38.8. The number of fused-ring (bicyclic) bond motifs is 4. The van der Waals surface area contributed by atoms with Gasteiger partial charge in [-0.25, -0.2) is 0 Å². The Morgan fingerprint density at radius 3 is 1.77 bits per heavy atom. The Labute approximate surface area is 389 Å². The molecule has 0 fully saturated rings. The van der Waals surface area contributed by atoms with Crippen molar-refractivity contribution >= 4 is 32.8 Å². The third-order valence-electron chi connectivity index (χ3n) is 12.3. The SMILES string of the molecule is Cc1cc(-n2c3ccccc3c3ccc(Oc4cccc(-n5[c](=[Pt])n(-c6c(-c7ccccc7)cc(C(C)(C)C)cc6-c6ccccc6)c6ccccc65)c4)cc32)ncc1-c1ccccn1. The van der Waals surface area contributed by atoms with E-state index in [1.165, 1.54) is 27.8 Å². The molecule has 0 saturated heterocycles. The van der Waals surface area contributed by atoms with Crippen LogP contribution in [0.1, 0.15) is 31.9 Å². The molecular weight excluding hydrogens is 978 g/mol. The fourth-order valence-corrected chi connectivity index (χ4v) is 10.2. The number of hydrogen-bond acceptors (Lipinski definition) is 3. The number of imidazole rings is 1. The van der Waals surface area contributed by atoms with Gasteiger partial charge in [-0.2, -0.15) is 0 Å². The van der Waals surface area contributed by atoms with E-state index in [-0.39, 0.29) is 5.41 Å². The van der Waals surface area contributed by atoms with Crippen molar-refractivity contribution in [1.82, 2.24) is 23.7 Å². The first-order chi connectivity index (χ1) is 31.7. The number of ether oxygens (including phenoxy) is 1. The summed E-state index contributed by atoms with van der Waals surface area (Å²) in [6.45, 7) is 9.00. The van der Waals surface area contributed by atoms with E-state index in [1.807, 2.05) is 36.7 Å². The van der Waals surface area contributed by atoms with E-state index in [1.54, 1.807) is 0 Å². The number of benzene rings is 7. The van der Waals surface area contributed by atoms with E-state index in [2.05, 4.69) is 230 Å². The van der Waals surface area contributed by atoms with E-state index < -0.39 is 0 Å². The van der Waals surface area contributed by atoms with E-state index in [0.717, 1.165) is 82.2 Å². The van der Waals surface area contributed by atoms with Gasteiger partial charge in [0.2, 0.25) is 0 Å². The molecule has 7 aromatic carbocycles. The smallest absolute Gasteiger partial charge is 0.256 e. The van der Waals surface area contributed by atoms with Gasteiger partial charge in [-0.1, -0.05) is 18.2 Å². The molecular formula is C58H45N5OPt. The van der Waals surface area contributed by atoms with Crippen molar-refractivity contribution in [3.8, 4) is 62.2 Å². The maximum atomic E-state index is 6.81. The number of rotatable bonds is 8. The van der Waals surface area contributed by atoms with Crippen LogP contribution in [0.4, 0.5) is 0 Å². The predicted octanol–water partition coefficient (Wildman–Crippen LogP) is 14.8. The van der Waals surface area contributed by atoms with Gasteiger partial charge in [0, 0.05) is 18.0 Å². The second kappa shape index (κ2) is 16.3. The van der Waals surface area contributed by atoms with Crippen molar-refractivity contribution in [2.45, 2.75) is 33.1 Å². The van der Waals surface area contributed by atoms with Crippen LogP contribution in [0.2, 0.25) is 0 Å². The molecule has 7 heteroatoms. The summed E-state index contributed by atoms with van der Waals surface area (Å²) in [5.41, 5.74) is 15.4. The van der Waals surface area contributed by atoms with Crippen molar-refractivity contribution in [2.75, 3.05) is 0 Å².